The average Bonchev–Trinajstić information content (AvgIpc) is 2.80. The number of carbonyl (C=O) groups is 2. The number of primary amides is 1. The van der Waals surface area contributed by atoms with Crippen molar-refractivity contribution in [2.75, 3.05) is 56.2 Å². The molecule has 8 nitrogen and oxygen atoms in total. The number of morpholine rings is 1. The fourth-order valence-corrected chi connectivity index (χ4v) is 4.51. The third-order valence-corrected chi connectivity index (χ3v) is 6.10. The maximum atomic E-state index is 12.9. The summed E-state index contributed by atoms with van der Waals surface area (Å²) >= 11 is 0. The molecule has 2 aliphatic rings. The van der Waals surface area contributed by atoms with Gasteiger partial charge in [-0.15, -0.1) is 0 Å². The summed E-state index contributed by atoms with van der Waals surface area (Å²) in [6, 6.07) is 13.3. The minimum atomic E-state index is -0.870. The predicted octanol–water partition coefficient (Wildman–Crippen LogP) is 1.38. The number of ether oxygens (including phenoxy) is 1. The van der Waals surface area contributed by atoms with Gasteiger partial charge in [0.15, 0.2) is 0 Å². The van der Waals surface area contributed by atoms with E-state index >= 15 is 0 Å². The van der Waals surface area contributed by atoms with E-state index in [0.29, 0.717) is 31.9 Å². The number of nitrogens with two attached hydrogens (primary N) is 1. The van der Waals surface area contributed by atoms with Crippen LogP contribution >= 0.6 is 0 Å². The summed E-state index contributed by atoms with van der Waals surface area (Å²) < 4.78 is 5.44. The first-order valence-corrected chi connectivity index (χ1v) is 10.7. The Kier molecular flexibility index (Phi) is 6.48. The Labute approximate surface area is 182 Å². The van der Waals surface area contributed by atoms with Crippen LogP contribution in [-0.2, 0) is 19.7 Å². The molecular weight excluding hydrogens is 394 g/mol. The second kappa shape index (κ2) is 9.45. The molecule has 1 aromatic carbocycles. The SMILES string of the molecule is NC(=O)[C@@]1(c2ccccn2)CCCN(CC(=O)Nc2ccccc2N2CCOCC2)C1. The van der Waals surface area contributed by atoms with Crippen LogP contribution in [-0.4, -0.2) is 67.6 Å². The smallest absolute Gasteiger partial charge is 0.238 e. The first kappa shape index (κ1) is 21.3. The van der Waals surface area contributed by atoms with Crippen LogP contribution in [0.4, 0.5) is 11.4 Å². The molecule has 3 N–H and O–H groups in total. The lowest BCUT2D eigenvalue weighted by Crippen LogP contribution is -2.55. The molecule has 8 heteroatoms. The van der Waals surface area contributed by atoms with Crippen molar-refractivity contribution in [3.05, 3.63) is 54.4 Å². The van der Waals surface area contributed by atoms with Crippen LogP contribution in [0.2, 0.25) is 0 Å². The molecule has 31 heavy (non-hydrogen) atoms. The first-order valence-electron chi connectivity index (χ1n) is 10.7. The van der Waals surface area contributed by atoms with Crippen molar-refractivity contribution < 1.29 is 14.3 Å². The molecule has 0 unspecified atom stereocenters. The summed E-state index contributed by atoms with van der Waals surface area (Å²) in [5.41, 5.74) is 7.42. The van der Waals surface area contributed by atoms with Crippen LogP contribution in [0.5, 0.6) is 0 Å². The highest BCUT2D eigenvalue weighted by Crippen LogP contribution is 2.33. The molecule has 2 fully saturated rings. The molecule has 2 aromatic rings. The van der Waals surface area contributed by atoms with Gasteiger partial charge >= 0.3 is 0 Å². The minimum Gasteiger partial charge on any atom is -0.378 e. The molecule has 1 aromatic heterocycles. The summed E-state index contributed by atoms with van der Waals surface area (Å²) in [4.78, 5) is 34.0. The van der Waals surface area contributed by atoms with Gasteiger partial charge < -0.3 is 20.7 Å². The number of amides is 2. The Morgan fingerprint density at radius 3 is 2.61 bits per heavy atom. The predicted molar refractivity (Wildman–Crippen MR) is 119 cm³/mol. The van der Waals surface area contributed by atoms with Gasteiger partial charge in [-0.3, -0.25) is 19.5 Å². The highest BCUT2D eigenvalue weighted by molar-refractivity contribution is 5.95. The molecule has 4 rings (SSSR count). The van der Waals surface area contributed by atoms with Crippen molar-refractivity contribution in [1.29, 1.82) is 0 Å². The summed E-state index contributed by atoms with van der Waals surface area (Å²) in [6.45, 7) is 4.27. The fraction of sp³-hybridized carbons (Fsp3) is 0.435. The number of nitrogens with zero attached hydrogens (tertiary/aromatic N) is 3. The number of aromatic nitrogens is 1. The van der Waals surface area contributed by atoms with Crippen molar-refractivity contribution in [3.63, 3.8) is 0 Å². The normalized spacial score (nSPS) is 22.1. The fourth-order valence-electron chi connectivity index (χ4n) is 4.51. The van der Waals surface area contributed by atoms with E-state index in [0.717, 1.165) is 37.4 Å². The van der Waals surface area contributed by atoms with Crippen LogP contribution in [0, 0.1) is 0 Å². The van der Waals surface area contributed by atoms with Gasteiger partial charge in [0, 0.05) is 25.8 Å². The molecule has 0 saturated carbocycles. The Balaban J connectivity index is 1.45. The summed E-state index contributed by atoms with van der Waals surface area (Å²) in [5.74, 6) is -0.504. The number of pyridine rings is 1. The zero-order valence-electron chi connectivity index (χ0n) is 17.6. The Morgan fingerprint density at radius 1 is 1.10 bits per heavy atom. The Bertz CT molecular complexity index is 916. The molecule has 1 atom stereocenters. The summed E-state index contributed by atoms with van der Waals surface area (Å²) in [5, 5.41) is 3.06. The second-order valence-electron chi connectivity index (χ2n) is 8.14. The van der Waals surface area contributed by atoms with Crippen LogP contribution in [0.1, 0.15) is 18.5 Å². The molecule has 2 saturated heterocycles. The van der Waals surface area contributed by atoms with Crippen molar-refractivity contribution in [3.8, 4) is 0 Å². The minimum absolute atomic E-state index is 0.109. The number of piperidine rings is 1. The number of carbonyl (C=O) groups excluding carboxylic acids is 2. The standard InChI is InChI=1S/C23H29N5O3/c24-22(30)23(20-8-3-4-10-25-20)9-5-11-27(17-23)16-21(29)26-18-6-1-2-7-19(18)28-12-14-31-15-13-28/h1-4,6-8,10H,5,9,11-17H2,(H2,24,30)(H,26,29)/t23-/m0/s1. The molecule has 0 bridgehead atoms. The van der Waals surface area contributed by atoms with Crippen LogP contribution < -0.4 is 16.0 Å². The molecule has 2 aliphatic heterocycles. The van der Waals surface area contributed by atoms with E-state index in [1.807, 2.05) is 47.4 Å². The highest BCUT2D eigenvalue weighted by Gasteiger charge is 2.43. The van der Waals surface area contributed by atoms with E-state index in [1.54, 1.807) is 6.20 Å². The van der Waals surface area contributed by atoms with E-state index in [-0.39, 0.29) is 12.5 Å². The molecule has 0 radical (unpaired) electrons. The highest BCUT2D eigenvalue weighted by atomic mass is 16.5. The lowest BCUT2D eigenvalue weighted by molar-refractivity contribution is -0.127. The molecule has 0 spiro atoms. The van der Waals surface area contributed by atoms with E-state index in [2.05, 4.69) is 15.2 Å². The van der Waals surface area contributed by atoms with Gasteiger partial charge in [0.1, 0.15) is 5.41 Å². The van der Waals surface area contributed by atoms with Gasteiger partial charge in [-0.1, -0.05) is 18.2 Å². The Morgan fingerprint density at radius 2 is 1.87 bits per heavy atom. The van der Waals surface area contributed by atoms with Crippen molar-refractivity contribution in [2.45, 2.75) is 18.3 Å². The van der Waals surface area contributed by atoms with Crippen LogP contribution in [0.25, 0.3) is 0 Å². The number of nitrogens with one attached hydrogen (secondary N) is 1. The Hall–Kier alpha value is -2.97. The maximum Gasteiger partial charge on any atom is 0.238 e. The molecule has 164 valence electrons. The number of hydrogen-bond donors (Lipinski definition) is 2. The van der Waals surface area contributed by atoms with Crippen molar-refractivity contribution in [1.82, 2.24) is 9.88 Å². The largest absolute Gasteiger partial charge is 0.378 e. The first-order chi connectivity index (χ1) is 15.1. The molecular formula is C23H29N5O3. The number of para-hydroxylation sites is 2. The maximum absolute atomic E-state index is 12.9. The summed E-state index contributed by atoms with van der Waals surface area (Å²) in [7, 11) is 0. The number of likely N-dealkylation sites (tertiary alicyclic amines) is 1. The number of anilines is 2. The second-order valence-corrected chi connectivity index (χ2v) is 8.14. The zero-order chi connectivity index (χ0) is 21.7. The van der Waals surface area contributed by atoms with E-state index in [4.69, 9.17) is 10.5 Å². The molecule has 0 aliphatic carbocycles. The topological polar surface area (TPSA) is 101 Å². The third-order valence-electron chi connectivity index (χ3n) is 6.10. The van der Waals surface area contributed by atoms with E-state index in [1.165, 1.54) is 0 Å². The number of benzene rings is 1. The lowest BCUT2D eigenvalue weighted by Gasteiger charge is -2.40. The van der Waals surface area contributed by atoms with Gasteiger partial charge in [0.25, 0.3) is 0 Å². The van der Waals surface area contributed by atoms with Gasteiger partial charge in [0.2, 0.25) is 11.8 Å². The van der Waals surface area contributed by atoms with E-state index in [9.17, 15) is 9.59 Å². The number of rotatable bonds is 6. The molecule has 3 heterocycles. The zero-order valence-corrected chi connectivity index (χ0v) is 17.6. The number of hydrogen-bond acceptors (Lipinski definition) is 6. The van der Waals surface area contributed by atoms with Gasteiger partial charge in [-0.05, 0) is 43.7 Å². The summed E-state index contributed by atoms with van der Waals surface area (Å²) in [6.07, 6.45) is 3.09. The van der Waals surface area contributed by atoms with Crippen LogP contribution in [0.15, 0.2) is 48.7 Å². The van der Waals surface area contributed by atoms with E-state index < -0.39 is 11.3 Å². The van der Waals surface area contributed by atoms with Gasteiger partial charge in [0.05, 0.1) is 36.8 Å². The monoisotopic (exact) mass is 423 g/mol. The third kappa shape index (κ3) is 4.70. The average molecular weight is 424 g/mol. The van der Waals surface area contributed by atoms with Crippen LogP contribution in [0.3, 0.4) is 0 Å². The van der Waals surface area contributed by atoms with Gasteiger partial charge in [-0.25, -0.2) is 0 Å². The quantitative estimate of drug-likeness (QED) is 0.728. The van der Waals surface area contributed by atoms with Gasteiger partial charge in [-0.2, -0.15) is 0 Å². The van der Waals surface area contributed by atoms with Crippen molar-refractivity contribution >= 4 is 23.2 Å². The lowest BCUT2D eigenvalue weighted by atomic mass is 9.76. The van der Waals surface area contributed by atoms with Crippen molar-refractivity contribution in [2.24, 2.45) is 5.73 Å². The molecule has 2 amide bonds.